The van der Waals surface area contributed by atoms with Gasteiger partial charge in [-0.2, -0.15) is 0 Å². The molecule has 0 saturated carbocycles. The smallest absolute Gasteiger partial charge is 0.304 e. The number of ether oxygens (including phenoxy) is 3. The van der Waals surface area contributed by atoms with Gasteiger partial charge in [-0.1, -0.05) is 36.3 Å². The van der Waals surface area contributed by atoms with E-state index in [2.05, 4.69) is 17.9 Å². The fraction of sp³-hybridized carbons (Fsp3) is 0.450. The summed E-state index contributed by atoms with van der Waals surface area (Å²) in [5.41, 5.74) is 2.71. The number of rotatable bonds is 5. The van der Waals surface area contributed by atoms with E-state index in [-0.39, 0.29) is 5.97 Å². The van der Waals surface area contributed by atoms with Gasteiger partial charge in [0.25, 0.3) is 0 Å². The number of benzene rings is 1. The maximum atomic E-state index is 11.5. The highest BCUT2D eigenvalue weighted by molar-refractivity contribution is 5.67. The predicted molar refractivity (Wildman–Crippen MR) is 92.0 cm³/mol. The summed E-state index contributed by atoms with van der Waals surface area (Å²) in [6.07, 6.45) is 5.41. The minimum absolute atomic E-state index is 0.367. The van der Waals surface area contributed by atoms with Crippen LogP contribution in [0.3, 0.4) is 0 Å². The van der Waals surface area contributed by atoms with Crippen LogP contribution in [0.1, 0.15) is 56.1 Å². The average Bonchev–Trinajstić information content (AvgIpc) is 2.61. The Bertz CT molecular complexity index is 647. The van der Waals surface area contributed by atoms with Crippen molar-refractivity contribution in [3.05, 3.63) is 47.0 Å². The predicted octanol–water partition coefficient (Wildman–Crippen LogP) is 4.09. The van der Waals surface area contributed by atoms with Crippen LogP contribution in [0.5, 0.6) is 0 Å². The highest BCUT2D eigenvalue weighted by atomic mass is 16.7. The molecule has 0 N–H and O–H groups in total. The van der Waals surface area contributed by atoms with Crippen molar-refractivity contribution in [2.45, 2.75) is 45.0 Å². The van der Waals surface area contributed by atoms with E-state index >= 15 is 0 Å². The second-order valence-electron chi connectivity index (χ2n) is 5.67. The van der Waals surface area contributed by atoms with E-state index in [0.717, 1.165) is 36.0 Å². The number of methoxy groups -OCH3 is 2. The molecule has 1 aliphatic rings. The van der Waals surface area contributed by atoms with Crippen LogP contribution < -0.4 is 0 Å². The van der Waals surface area contributed by atoms with Crippen LogP contribution in [0.2, 0.25) is 0 Å². The van der Waals surface area contributed by atoms with Crippen molar-refractivity contribution in [2.24, 2.45) is 0 Å². The molecule has 1 atom stereocenters. The molecule has 0 aliphatic heterocycles. The zero-order chi connectivity index (χ0) is 17.4. The van der Waals surface area contributed by atoms with Crippen molar-refractivity contribution in [2.75, 3.05) is 14.2 Å². The third kappa shape index (κ3) is 4.95. The molecule has 24 heavy (non-hydrogen) atoms. The molecular formula is C20H24O4. The number of carbonyl (C=O) groups excluding carboxylic acids is 1. The molecule has 0 saturated heterocycles. The lowest BCUT2D eigenvalue weighted by Gasteiger charge is -2.20. The Kier molecular flexibility index (Phi) is 7.05. The van der Waals surface area contributed by atoms with Crippen molar-refractivity contribution in [3.63, 3.8) is 0 Å². The fourth-order valence-corrected chi connectivity index (χ4v) is 2.76. The van der Waals surface area contributed by atoms with Crippen molar-refractivity contribution in [3.8, 4) is 11.8 Å². The monoisotopic (exact) mass is 328 g/mol. The summed E-state index contributed by atoms with van der Waals surface area (Å²) in [5.74, 6) is 5.92. The standard InChI is InChI=1S/C20H24O4/c1-15(21)24-19(14-13-16-9-5-4-6-10-16)17-11-7-8-12-18(17)20(22-2)23-3/h7-9,11-12,19-20H,4-6,10H2,1-3H3. The van der Waals surface area contributed by atoms with Crippen molar-refractivity contribution in [1.29, 1.82) is 0 Å². The Hall–Kier alpha value is -2.09. The molecule has 0 fully saturated rings. The number of hydrogen-bond donors (Lipinski definition) is 0. The van der Waals surface area contributed by atoms with Gasteiger partial charge < -0.3 is 14.2 Å². The lowest BCUT2D eigenvalue weighted by Crippen LogP contribution is -2.13. The molecule has 4 heteroatoms. The minimum atomic E-state index is -0.644. The molecule has 1 unspecified atom stereocenters. The second kappa shape index (κ2) is 9.27. The van der Waals surface area contributed by atoms with Crippen LogP contribution in [0, 0.1) is 11.8 Å². The SMILES string of the molecule is COC(OC)c1ccccc1C(C#CC1=CCCCC1)OC(C)=O. The molecule has 1 aromatic rings. The van der Waals surface area contributed by atoms with Gasteiger partial charge in [-0.05, 0) is 37.2 Å². The maximum Gasteiger partial charge on any atom is 0.304 e. The van der Waals surface area contributed by atoms with Crippen LogP contribution in [-0.2, 0) is 19.0 Å². The Labute approximate surface area is 143 Å². The molecule has 1 aliphatic carbocycles. The van der Waals surface area contributed by atoms with Gasteiger partial charge in [-0.25, -0.2) is 0 Å². The Morgan fingerprint density at radius 3 is 2.42 bits per heavy atom. The van der Waals surface area contributed by atoms with Crippen molar-refractivity contribution in [1.82, 2.24) is 0 Å². The van der Waals surface area contributed by atoms with Crippen LogP contribution >= 0.6 is 0 Å². The lowest BCUT2D eigenvalue weighted by molar-refractivity contribution is -0.144. The second-order valence-corrected chi connectivity index (χ2v) is 5.67. The Morgan fingerprint density at radius 2 is 1.83 bits per heavy atom. The van der Waals surface area contributed by atoms with E-state index in [9.17, 15) is 4.79 Å². The first-order valence-electron chi connectivity index (χ1n) is 8.18. The van der Waals surface area contributed by atoms with E-state index in [1.54, 1.807) is 14.2 Å². The number of allylic oxidation sites excluding steroid dienone is 2. The molecule has 1 aromatic carbocycles. The van der Waals surface area contributed by atoms with Gasteiger partial charge in [0.05, 0.1) is 0 Å². The molecule has 2 rings (SSSR count). The van der Waals surface area contributed by atoms with Gasteiger partial charge in [0.15, 0.2) is 12.4 Å². The first kappa shape index (κ1) is 18.3. The lowest BCUT2D eigenvalue weighted by atomic mass is 9.98. The normalized spacial score (nSPS) is 15.2. The zero-order valence-corrected chi connectivity index (χ0v) is 14.5. The van der Waals surface area contributed by atoms with Gasteiger partial charge in [-0.15, -0.1) is 0 Å². The topological polar surface area (TPSA) is 44.8 Å². The van der Waals surface area contributed by atoms with Gasteiger partial charge >= 0.3 is 5.97 Å². The summed E-state index contributed by atoms with van der Waals surface area (Å²) in [6.45, 7) is 1.39. The molecule has 128 valence electrons. The Morgan fingerprint density at radius 1 is 1.12 bits per heavy atom. The number of hydrogen-bond acceptors (Lipinski definition) is 4. The fourth-order valence-electron chi connectivity index (χ4n) is 2.76. The largest absolute Gasteiger partial charge is 0.444 e. The summed E-state index contributed by atoms with van der Waals surface area (Å²) < 4.78 is 16.2. The van der Waals surface area contributed by atoms with Crippen molar-refractivity contribution >= 4 is 5.97 Å². The summed E-state index contributed by atoms with van der Waals surface area (Å²) in [7, 11) is 3.15. The first-order valence-corrected chi connectivity index (χ1v) is 8.18. The van der Waals surface area contributed by atoms with E-state index in [0.29, 0.717) is 0 Å². The van der Waals surface area contributed by atoms with E-state index in [4.69, 9.17) is 14.2 Å². The molecule has 0 aromatic heterocycles. The molecule has 0 heterocycles. The number of carbonyl (C=O) groups is 1. The van der Waals surface area contributed by atoms with Crippen molar-refractivity contribution < 1.29 is 19.0 Å². The minimum Gasteiger partial charge on any atom is -0.444 e. The molecule has 0 spiro atoms. The third-order valence-corrected chi connectivity index (χ3v) is 3.90. The van der Waals surface area contributed by atoms with E-state index < -0.39 is 12.4 Å². The summed E-state index contributed by atoms with van der Waals surface area (Å²) in [6, 6.07) is 7.56. The first-order chi connectivity index (χ1) is 11.7. The average molecular weight is 328 g/mol. The summed E-state index contributed by atoms with van der Waals surface area (Å²) >= 11 is 0. The van der Waals surface area contributed by atoms with Gasteiger partial charge in [0, 0.05) is 32.3 Å². The van der Waals surface area contributed by atoms with Crippen LogP contribution in [0.15, 0.2) is 35.9 Å². The quantitative estimate of drug-likeness (QED) is 0.464. The van der Waals surface area contributed by atoms with Gasteiger partial charge in [0.1, 0.15) is 0 Å². The molecular weight excluding hydrogens is 304 g/mol. The van der Waals surface area contributed by atoms with Gasteiger partial charge in [0.2, 0.25) is 0 Å². The third-order valence-electron chi connectivity index (χ3n) is 3.90. The molecule has 0 radical (unpaired) electrons. The van der Waals surface area contributed by atoms with Crippen LogP contribution in [0.25, 0.3) is 0 Å². The maximum absolute atomic E-state index is 11.5. The van der Waals surface area contributed by atoms with E-state index in [1.807, 2.05) is 24.3 Å². The van der Waals surface area contributed by atoms with Crippen LogP contribution in [-0.4, -0.2) is 20.2 Å². The Balaban J connectivity index is 2.36. The number of esters is 1. The zero-order valence-electron chi connectivity index (χ0n) is 14.5. The van der Waals surface area contributed by atoms with Crippen LogP contribution in [0.4, 0.5) is 0 Å². The van der Waals surface area contributed by atoms with E-state index in [1.165, 1.54) is 13.3 Å². The highest BCUT2D eigenvalue weighted by Crippen LogP contribution is 2.28. The molecule has 0 amide bonds. The highest BCUT2D eigenvalue weighted by Gasteiger charge is 2.21. The molecule has 0 bridgehead atoms. The summed E-state index contributed by atoms with van der Waals surface area (Å²) in [4.78, 5) is 11.5. The molecule has 4 nitrogen and oxygen atoms in total. The van der Waals surface area contributed by atoms with Gasteiger partial charge in [-0.3, -0.25) is 4.79 Å². The summed E-state index contributed by atoms with van der Waals surface area (Å²) in [5, 5.41) is 0.